The molecule has 19 heavy (non-hydrogen) atoms. The smallest absolute Gasteiger partial charge is 0.330 e. The van der Waals surface area contributed by atoms with E-state index in [1.807, 2.05) is 0 Å². The average Bonchev–Trinajstić information content (AvgIpc) is 2.26. The summed E-state index contributed by atoms with van der Waals surface area (Å²) in [6.07, 6.45) is 1.78. The van der Waals surface area contributed by atoms with Crippen molar-refractivity contribution in [3.8, 4) is 0 Å². The standard InChI is InChI=1S/C11H20O6S.H3N/c1-5-10(12)16-8-7-9(3)11(4,6-2)17-18(13,14)15;/h5,9H,1,6-8H2,2-4H3,(H,13,14,15);1H3. The molecular formula is C11H23NO6S. The van der Waals surface area contributed by atoms with Gasteiger partial charge in [-0.15, -0.1) is 0 Å². The number of rotatable bonds is 8. The van der Waals surface area contributed by atoms with Crippen LogP contribution in [0.3, 0.4) is 0 Å². The summed E-state index contributed by atoms with van der Waals surface area (Å²) in [5.74, 6) is -0.804. The molecule has 0 aliphatic heterocycles. The summed E-state index contributed by atoms with van der Waals surface area (Å²) in [6, 6.07) is 0. The third kappa shape index (κ3) is 7.93. The largest absolute Gasteiger partial charge is 0.726 e. The number of quaternary nitrogens is 1. The van der Waals surface area contributed by atoms with E-state index >= 15 is 0 Å². The van der Waals surface area contributed by atoms with E-state index in [0.29, 0.717) is 12.8 Å². The van der Waals surface area contributed by atoms with E-state index in [1.165, 1.54) is 0 Å². The molecule has 114 valence electrons. The maximum absolute atomic E-state index is 10.8. The van der Waals surface area contributed by atoms with Gasteiger partial charge in [0.15, 0.2) is 0 Å². The first-order valence-corrected chi connectivity index (χ1v) is 6.93. The fraction of sp³-hybridized carbons (Fsp3) is 0.727. The van der Waals surface area contributed by atoms with Gasteiger partial charge in [0, 0.05) is 6.08 Å². The van der Waals surface area contributed by atoms with E-state index in [0.717, 1.165) is 6.08 Å². The summed E-state index contributed by atoms with van der Waals surface area (Å²) < 4.78 is 41.4. The van der Waals surface area contributed by atoms with Crippen molar-refractivity contribution >= 4 is 16.4 Å². The Kier molecular flexibility index (Phi) is 8.85. The molecule has 0 aromatic heterocycles. The Morgan fingerprint density at radius 2 is 2.05 bits per heavy atom. The number of carbonyl (C=O) groups is 1. The summed E-state index contributed by atoms with van der Waals surface area (Å²) in [7, 11) is -4.76. The summed E-state index contributed by atoms with van der Waals surface area (Å²) >= 11 is 0. The fourth-order valence-corrected chi connectivity index (χ4v) is 2.17. The van der Waals surface area contributed by atoms with Gasteiger partial charge in [0.25, 0.3) is 0 Å². The molecule has 0 saturated heterocycles. The number of hydrogen-bond acceptors (Lipinski definition) is 6. The zero-order valence-electron chi connectivity index (χ0n) is 11.8. The van der Waals surface area contributed by atoms with Crippen molar-refractivity contribution in [3.05, 3.63) is 12.7 Å². The van der Waals surface area contributed by atoms with Crippen LogP contribution in [-0.4, -0.2) is 31.1 Å². The van der Waals surface area contributed by atoms with Gasteiger partial charge in [0.2, 0.25) is 10.4 Å². The molecule has 0 aromatic carbocycles. The van der Waals surface area contributed by atoms with E-state index in [9.17, 15) is 17.8 Å². The third-order valence-corrected chi connectivity index (χ3v) is 3.58. The van der Waals surface area contributed by atoms with E-state index in [2.05, 4.69) is 10.8 Å². The van der Waals surface area contributed by atoms with Crippen molar-refractivity contribution in [1.82, 2.24) is 6.15 Å². The molecule has 0 aliphatic carbocycles. The Morgan fingerprint density at radius 3 is 2.42 bits per heavy atom. The summed E-state index contributed by atoms with van der Waals surface area (Å²) in [4.78, 5) is 10.8. The fourth-order valence-electron chi connectivity index (χ4n) is 1.42. The van der Waals surface area contributed by atoms with Crippen LogP contribution in [-0.2, 0) is 24.1 Å². The van der Waals surface area contributed by atoms with E-state index in [-0.39, 0.29) is 18.7 Å². The van der Waals surface area contributed by atoms with Crippen LogP contribution >= 0.6 is 0 Å². The average molecular weight is 297 g/mol. The van der Waals surface area contributed by atoms with Crippen molar-refractivity contribution in [3.63, 3.8) is 0 Å². The molecule has 0 radical (unpaired) electrons. The van der Waals surface area contributed by atoms with Crippen molar-refractivity contribution < 1.29 is 26.7 Å². The number of carbonyl (C=O) groups excluding carboxylic acids is 1. The lowest BCUT2D eigenvalue weighted by atomic mass is 9.86. The van der Waals surface area contributed by atoms with E-state index in [4.69, 9.17) is 4.74 Å². The van der Waals surface area contributed by atoms with Gasteiger partial charge in [-0.05, 0) is 25.7 Å². The van der Waals surface area contributed by atoms with Gasteiger partial charge in [-0.1, -0.05) is 20.4 Å². The molecular weight excluding hydrogens is 274 g/mol. The Hall–Kier alpha value is -0.960. The Morgan fingerprint density at radius 1 is 1.53 bits per heavy atom. The third-order valence-electron chi connectivity index (χ3n) is 3.00. The van der Waals surface area contributed by atoms with Gasteiger partial charge in [-0.3, -0.25) is 4.18 Å². The van der Waals surface area contributed by atoms with Gasteiger partial charge in [-0.25, -0.2) is 13.2 Å². The molecule has 7 nitrogen and oxygen atoms in total. The lowest BCUT2D eigenvalue weighted by Gasteiger charge is -2.34. The maximum atomic E-state index is 10.8. The quantitative estimate of drug-likeness (QED) is 0.314. The van der Waals surface area contributed by atoms with Gasteiger partial charge in [0.05, 0.1) is 12.2 Å². The first-order valence-electron chi connectivity index (χ1n) is 5.60. The molecule has 0 bridgehead atoms. The minimum Gasteiger partial charge on any atom is -0.726 e. The van der Waals surface area contributed by atoms with Crippen molar-refractivity contribution in [2.45, 2.75) is 39.2 Å². The molecule has 0 heterocycles. The number of esters is 1. The lowest BCUT2D eigenvalue weighted by Crippen LogP contribution is -2.38. The van der Waals surface area contributed by atoms with Crippen molar-refractivity contribution in [1.29, 1.82) is 0 Å². The minimum atomic E-state index is -4.76. The van der Waals surface area contributed by atoms with Crippen LogP contribution in [0, 0.1) is 5.92 Å². The normalized spacial score (nSPS) is 15.8. The summed E-state index contributed by atoms with van der Waals surface area (Å²) in [6.45, 7) is 8.36. The first kappa shape index (κ1) is 20.4. The van der Waals surface area contributed by atoms with Crippen molar-refractivity contribution in [2.75, 3.05) is 6.61 Å². The van der Waals surface area contributed by atoms with E-state index < -0.39 is 22.0 Å². The molecule has 2 atom stereocenters. The van der Waals surface area contributed by atoms with Gasteiger partial charge < -0.3 is 15.4 Å². The summed E-state index contributed by atoms with van der Waals surface area (Å²) in [5, 5.41) is 0. The molecule has 0 saturated carbocycles. The molecule has 0 amide bonds. The van der Waals surface area contributed by atoms with Crippen LogP contribution < -0.4 is 6.15 Å². The highest BCUT2D eigenvalue weighted by molar-refractivity contribution is 7.80. The first-order chi connectivity index (χ1) is 8.14. The topological polar surface area (TPSA) is 129 Å². The predicted octanol–water partition coefficient (Wildman–Crippen LogP) is 1.76. The molecule has 8 heteroatoms. The molecule has 4 N–H and O–H groups in total. The monoisotopic (exact) mass is 297 g/mol. The van der Waals surface area contributed by atoms with Crippen LogP contribution in [0.5, 0.6) is 0 Å². The van der Waals surface area contributed by atoms with Crippen LogP contribution in [0.25, 0.3) is 0 Å². The van der Waals surface area contributed by atoms with Crippen LogP contribution in [0.2, 0.25) is 0 Å². The second kappa shape index (κ2) is 8.26. The Labute approximate surface area is 114 Å². The van der Waals surface area contributed by atoms with Crippen LogP contribution in [0.1, 0.15) is 33.6 Å². The van der Waals surface area contributed by atoms with Gasteiger partial charge in [0.1, 0.15) is 0 Å². The van der Waals surface area contributed by atoms with Gasteiger partial charge >= 0.3 is 5.97 Å². The molecule has 2 unspecified atom stereocenters. The highest BCUT2D eigenvalue weighted by Crippen LogP contribution is 2.29. The maximum Gasteiger partial charge on any atom is 0.330 e. The highest BCUT2D eigenvalue weighted by atomic mass is 32.3. The molecule has 0 aliphatic rings. The summed E-state index contributed by atoms with van der Waals surface area (Å²) in [5.41, 5.74) is -1.10. The van der Waals surface area contributed by atoms with Crippen molar-refractivity contribution in [2.24, 2.45) is 5.92 Å². The number of ether oxygens (including phenoxy) is 1. The lowest BCUT2D eigenvalue weighted by molar-refractivity contribution is -0.138. The zero-order chi connectivity index (χ0) is 14.4. The molecule has 0 aromatic rings. The second-order valence-corrected chi connectivity index (χ2v) is 5.20. The highest BCUT2D eigenvalue weighted by Gasteiger charge is 2.32. The minimum absolute atomic E-state index is 0. The molecule has 0 spiro atoms. The molecule has 0 rings (SSSR count). The predicted molar refractivity (Wildman–Crippen MR) is 70.4 cm³/mol. The second-order valence-electron chi connectivity index (χ2n) is 4.22. The molecule has 0 fully saturated rings. The Balaban J connectivity index is 0. The van der Waals surface area contributed by atoms with Crippen LogP contribution in [0.15, 0.2) is 12.7 Å². The van der Waals surface area contributed by atoms with E-state index in [1.54, 1.807) is 20.8 Å². The van der Waals surface area contributed by atoms with Gasteiger partial charge in [-0.2, -0.15) is 0 Å². The zero-order valence-corrected chi connectivity index (χ0v) is 12.7. The van der Waals surface area contributed by atoms with Crippen LogP contribution in [0.4, 0.5) is 0 Å². The number of hydrogen-bond donors (Lipinski definition) is 1. The Bertz CT molecular complexity index is 394. The SMILES string of the molecule is C=CC(=O)OCCC(C)C(C)(CC)OS(=O)(=O)[O-].[NH4+].